The Hall–Kier alpha value is -2.73. The number of carbonyl (C=O) groups is 1. The molecule has 0 radical (unpaired) electrons. The number of hydrogen-bond donors (Lipinski definition) is 1. The van der Waals surface area contributed by atoms with E-state index in [2.05, 4.69) is 6.58 Å². The van der Waals surface area contributed by atoms with Gasteiger partial charge in [0.15, 0.2) is 5.78 Å². The van der Waals surface area contributed by atoms with E-state index in [1.54, 1.807) is 29.1 Å². The van der Waals surface area contributed by atoms with Gasteiger partial charge in [-0.1, -0.05) is 6.58 Å². The Morgan fingerprint density at radius 3 is 2.52 bits per heavy atom. The number of aliphatic hydroxyl groups excluding tert-OH is 1. The number of nitro groups is 1. The number of nitrogens with zero attached hydrogens (tertiary/aromatic N) is 2. The number of benzene rings is 1. The highest BCUT2D eigenvalue weighted by molar-refractivity contribution is 5.94. The van der Waals surface area contributed by atoms with Crippen LogP contribution < -0.4 is 0 Å². The van der Waals surface area contributed by atoms with Crippen LogP contribution in [0.5, 0.6) is 0 Å². The Morgan fingerprint density at radius 1 is 1.38 bits per heavy atom. The maximum absolute atomic E-state index is 11.4. The zero-order valence-corrected chi connectivity index (χ0v) is 11.4. The molecule has 108 valence electrons. The lowest BCUT2D eigenvalue weighted by Crippen LogP contribution is -2.11. The molecule has 2 aromatic rings. The second-order valence-corrected chi connectivity index (χ2v) is 4.57. The molecular weight excluding hydrogens is 272 g/mol. The summed E-state index contributed by atoms with van der Waals surface area (Å²) >= 11 is 0. The van der Waals surface area contributed by atoms with Crippen LogP contribution in [0.1, 0.15) is 18.6 Å². The van der Waals surface area contributed by atoms with E-state index in [0.29, 0.717) is 5.69 Å². The van der Waals surface area contributed by atoms with E-state index < -0.39 is 11.0 Å². The Bertz CT molecular complexity index is 704. The van der Waals surface area contributed by atoms with Crippen molar-refractivity contribution in [3.05, 3.63) is 70.6 Å². The van der Waals surface area contributed by atoms with Gasteiger partial charge < -0.3 is 9.67 Å². The average molecular weight is 286 g/mol. The predicted octanol–water partition coefficient (Wildman–Crippen LogP) is 2.56. The molecule has 0 saturated carbocycles. The lowest BCUT2D eigenvalue weighted by atomic mass is 9.98. The van der Waals surface area contributed by atoms with E-state index in [0.717, 1.165) is 0 Å². The lowest BCUT2D eigenvalue weighted by molar-refractivity contribution is -0.385. The topological polar surface area (TPSA) is 85.4 Å². The van der Waals surface area contributed by atoms with Crippen molar-refractivity contribution in [2.45, 2.75) is 13.0 Å². The lowest BCUT2D eigenvalue weighted by Gasteiger charge is -2.17. The van der Waals surface area contributed by atoms with Crippen LogP contribution in [-0.2, 0) is 4.79 Å². The van der Waals surface area contributed by atoms with Gasteiger partial charge in [-0.3, -0.25) is 14.9 Å². The fourth-order valence-corrected chi connectivity index (χ4v) is 1.98. The second-order valence-electron chi connectivity index (χ2n) is 4.57. The largest absolute Gasteiger partial charge is 0.383 e. The van der Waals surface area contributed by atoms with Crippen LogP contribution in [0.3, 0.4) is 0 Å². The van der Waals surface area contributed by atoms with Crippen molar-refractivity contribution < 1.29 is 14.8 Å². The van der Waals surface area contributed by atoms with Gasteiger partial charge in [0.2, 0.25) is 0 Å². The van der Waals surface area contributed by atoms with Crippen LogP contribution in [0.25, 0.3) is 5.69 Å². The molecule has 0 saturated heterocycles. The van der Waals surface area contributed by atoms with Crippen molar-refractivity contribution in [2.75, 3.05) is 0 Å². The number of nitro benzene ring substituents is 1. The summed E-state index contributed by atoms with van der Waals surface area (Å²) in [5.41, 5.74) is 0.654. The van der Waals surface area contributed by atoms with E-state index in [-0.39, 0.29) is 22.6 Å². The van der Waals surface area contributed by atoms with E-state index in [9.17, 15) is 20.0 Å². The van der Waals surface area contributed by atoms with Crippen LogP contribution in [0, 0.1) is 10.1 Å². The number of aliphatic hydroxyl groups is 1. The fourth-order valence-electron chi connectivity index (χ4n) is 1.98. The minimum Gasteiger partial charge on any atom is -0.383 e. The summed E-state index contributed by atoms with van der Waals surface area (Å²) in [6.07, 6.45) is 2.20. The summed E-state index contributed by atoms with van der Waals surface area (Å²) in [5.74, 6) is -0.368. The molecule has 1 heterocycles. The number of rotatable bonds is 5. The number of Topliss-reactive ketones (excluding diaryl/α,β-unsaturated/α-hetero) is 1. The standard InChI is InChI=1S/C15H14N2O4/c1-10(11(2)18)15(19)13-9-12(17(20)21)5-6-14(13)16-7-3-4-8-16/h3-9,15,19H,1H2,2H3. The third-order valence-electron chi connectivity index (χ3n) is 3.18. The molecule has 0 bridgehead atoms. The predicted molar refractivity (Wildman–Crippen MR) is 77.2 cm³/mol. The molecule has 0 fully saturated rings. The summed E-state index contributed by atoms with van der Waals surface area (Å²) in [7, 11) is 0. The van der Waals surface area contributed by atoms with Crippen LogP contribution in [0.4, 0.5) is 5.69 Å². The molecule has 0 spiro atoms. The van der Waals surface area contributed by atoms with E-state index in [1.807, 2.05) is 0 Å². The highest BCUT2D eigenvalue weighted by Crippen LogP contribution is 2.30. The van der Waals surface area contributed by atoms with Gasteiger partial charge in [0.05, 0.1) is 10.6 Å². The van der Waals surface area contributed by atoms with Crippen molar-refractivity contribution in [1.29, 1.82) is 0 Å². The molecule has 0 aliphatic carbocycles. The minimum atomic E-state index is -1.29. The molecule has 6 heteroatoms. The van der Waals surface area contributed by atoms with Crippen molar-refractivity contribution >= 4 is 11.5 Å². The second kappa shape index (κ2) is 5.72. The maximum atomic E-state index is 11.4. The normalized spacial score (nSPS) is 11.9. The van der Waals surface area contributed by atoms with Gasteiger partial charge in [-0.2, -0.15) is 0 Å². The molecule has 1 unspecified atom stereocenters. The first kappa shape index (κ1) is 14.7. The Labute approximate surface area is 121 Å². The molecule has 1 aromatic carbocycles. The van der Waals surface area contributed by atoms with E-state index in [1.165, 1.54) is 25.1 Å². The first-order valence-corrected chi connectivity index (χ1v) is 6.21. The Kier molecular flexibility index (Phi) is 4.00. The van der Waals surface area contributed by atoms with Crippen molar-refractivity contribution in [3.63, 3.8) is 0 Å². The zero-order valence-electron chi connectivity index (χ0n) is 11.4. The minimum absolute atomic E-state index is 0.0103. The average Bonchev–Trinajstić information content (AvgIpc) is 2.98. The highest BCUT2D eigenvalue weighted by Gasteiger charge is 2.22. The molecule has 1 atom stereocenters. The summed E-state index contributed by atoms with van der Waals surface area (Å²) in [4.78, 5) is 21.7. The number of hydrogen-bond acceptors (Lipinski definition) is 4. The van der Waals surface area contributed by atoms with Gasteiger partial charge in [0.25, 0.3) is 5.69 Å². The number of carbonyl (C=O) groups excluding carboxylic acids is 1. The van der Waals surface area contributed by atoms with Crippen LogP contribution in [0.2, 0.25) is 0 Å². The first-order valence-electron chi connectivity index (χ1n) is 6.21. The molecule has 1 aromatic heterocycles. The van der Waals surface area contributed by atoms with Crippen LogP contribution in [-0.4, -0.2) is 20.4 Å². The number of aromatic nitrogens is 1. The van der Waals surface area contributed by atoms with Gasteiger partial charge in [0, 0.05) is 35.7 Å². The van der Waals surface area contributed by atoms with Gasteiger partial charge in [-0.25, -0.2) is 0 Å². The molecule has 1 N–H and O–H groups in total. The Balaban J connectivity index is 2.59. The number of non-ortho nitro benzene ring substituents is 1. The first-order chi connectivity index (χ1) is 9.91. The molecular formula is C15H14N2O4. The van der Waals surface area contributed by atoms with Crippen LogP contribution >= 0.6 is 0 Å². The van der Waals surface area contributed by atoms with Crippen molar-refractivity contribution in [3.8, 4) is 5.69 Å². The smallest absolute Gasteiger partial charge is 0.269 e. The Morgan fingerprint density at radius 2 is 2.00 bits per heavy atom. The molecule has 2 rings (SSSR count). The summed E-state index contributed by atoms with van der Waals surface area (Å²) in [5, 5.41) is 21.2. The molecule has 6 nitrogen and oxygen atoms in total. The quantitative estimate of drug-likeness (QED) is 0.520. The maximum Gasteiger partial charge on any atom is 0.269 e. The van der Waals surface area contributed by atoms with E-state index in [4.69, 9.17) is 0 Å². The summed E-state index contributed by atoms with van der Waals surface area (Å²) in [6.45, 7) is 4.84. The van der Waals surface area contributed by atoms with Crippen LogP contribution in [0.15, 0.2) is 54.9 Å². The SMILES string of the molecule is C=C(C(C)=O)C(O)c1cc([N+](=O)[O-])ccc1-n1cccc1. The summed E-state index contributed by atoms with van der Waals surface area (Å²) < 4.78 is 1.70. The van der Waals surface area contributed by atoms with Crippen molar-refractivity contribution in [1.82, 2.24) is 4.57 Å². The van der Waals surface area contributed by atoms with Gasteiger partial charge in [-0.05, 0) is 25.1 Å². The molecule has 0 aliphatic rings. The third kappa shape index (κ3) is 2.90. The van der Waals surface area contributed by atoms with E-state index >= 15 is 0 Å². The van der Waals surface area contributed by atoms with Crippen molar-refractivity contribution in [2.24, 2.45) is 0 Å². The number of ketones is 1. The molecule has 0 aliphatic heterocycles. The van der Waals surface area contributed by atoms with Gasteiger partial charge in [0.1, 0.15) is 6.10 Å². The zero-order chi connectivity index (χ0) is 15.6. The monoisotopic (exact) mass is 286 g/mol. The van der Waals surface area contributed by atoms with Gasteiger partial charge >= 0.3 is 0 Å². The third-order valence-corrected chi connectivity index (χ3v) is 3.18. The highest BCUT2D eigenvalue weighted by atomic mass is 16.6. The molecule has 0 amide bonds. The molecule has 21 heavy (non-hydrogen) atoms. The van der Waals surface area contributed by atoms with Gasteiger partial charge in [-0.15, -0.1) is 0 Å². The summed E-state index contributed by atoms with van der Waals surface area (Å²) in [6, 6.07) is 7.72. The fraction of sp³-hybridized carbons (Fsp3) is 0.133.